The summed E-state index contributed by atoms with van der Waals surface area (Å²) in [7, 11) is 0. The molecule has 0 spiro atoms. The third-order valence-corrected chi connectivity index (χ3v) is 10.3. The molecule has 0 atom stereocenters. The summed E-state index contributed by atoms with van der Waals surface area (Å²) in [6, 6.07) is 40.4. The van der Waals surface area contributed by atoms with Crippen LogP contribution in [0.4, 0.5) is 35.1 Å². The zero-order valence-corrected chi connectivity index (χ0v) is 45.7. The van der Waals surface area contributed by atoms with Crippen molar-refractivity contribution in [2.75, 3.05) is 0 Å². The van der Waals surface area contributed by atoms with Crippen LogP contribution >= 0.6 is 0 Å². The van der Waals surface area contributed by atoms with E-state index in [-0.39, 0.29) is 22.8 Å². The minimum absolute atomic E-state index is 0.0885. The Bertz CT molecular complexity index is 2620. The van der Waals surface area contributed by atoms with E-state index < -0.39 is 34.9 Å². The summed E-state index contributed by atoms with van der Waals surface area (Å²) in [6.45, 7) is 33.0. The summed E-state index contributed by atoms with van der Waals surface area (Å²) < 4.78 is 101. The fourth-order valence-corrected chi connectivity index (χ4v) is 5.80. The molecule has 0 aliphatic heterocycles. The van der Waals surface area contributed by atoms with Gasteiger partial charge in [0.25, 0.3) is 0 Å². The standard InChI is InChI=1S/C12H12.3C8H8F2.2C8H9F.C8H10.2C2H6/c1-9-3-5-12-8-10(2)4-6-11(12)7-9;2*1-5-3-7(9)6(2)8(10)4-5;1-5-3-4-6(2)8(10)7(5)9;2*1-6-3-4-7(2)8(9)5-6;1-7-3-5-8(2)6-4-7;2*1-2/h3-8H,1-2H3;3*3-4H,1-2H3;2*3-5H,1-2H3;3-6H,1-2H3;2*1-2H3. The molecule has 0 aromatic heterocycles. The predicted octanol–water partition coefficient (Wildman–Crippen LogP) is 20.4. The van der Waals surface area contributed by atoms with E-state index in [1.165, 1.54) is 97.1 Å². The summed E-state index contributed by atoms with van der Waals surface area (Å²) in [5.41, 5.74) is 10.8. The Morgan fingerprint density at radius 3 is 0.667 bits per heavy atom. The lowest BCUT2D eigenvalue weighted by atomic mass is 10.1. The van der Waals surface area contributed by atoms with E-state index in [1.54, 1.807) is 52.0 Å². The highest BCUT2D eigenvalue weighted by molar-refractivity contribution is 5.83. The van der Waals surface area contributed by atoms with Crippen molar-refractivity contribution >= 4 is 10.8 Å². The maximum atomic E-state index is 12.6. The van der Waals surface area contributed by atoms with Crippen molar-refractivity contribution in [1.29, 1.82) is 0 Å². The Labute approximate surface area is 426 Å². The van der Waals surface area contributed by atoms with E-state index in [9.17, 15) is 35.1 Å². The number of fused-ring (bicyclic) bond motifs is 1. The maximum absolute atomic E-state index is 12.6. The monoisotopic (exact) mass is 997 g/mol. The molecule has 8 rings (SSSR count). The molecule has 0 aliphatic carbocycles. The minimum atomic E-state index is -0.736. The normalized spacial score (nSPS) is 9.53. The molecule has 0 fully saturated rings. The van der Waals surface area contributed by atoms with Gasteiger partial charge in [-0.25, -0.2) is 35.1 Å². The molecule has 0 nitrogen and oxygen atoms in total. The molecule has 0 unspecified atom stereocenters. The Morgan fingerprint density at radius 2 is 0.417 bits per heavy atom. The Kier molecular flexibility index (Phi) is 30.9. The van der Waals surface area contributed by atoms with Gasteiger partial charge in [0.15, 0.2) is 11.6 Å². The Balaban J connectivity index is 0.000000809. The first kappa shape index (κ1) is 65.5. The van der Waals surface area contributed by atoms with Crippen molar-refractivity contribution in [3.05, 3.63) is 258 Å². The van der Waals surface area contributed by atoms with Crippen LogP contribution in [0.5, 0.6) is 0 Å². The smallest absolute Gasteiger partial charge is 0.161 e. The van der Waals surface area contributed by atoms with Crippen LogP contribution in [0.3, 0.4) is 0 Å². The fourth-order valence-electron chi connectivity index (χ4n) is 5.80. The quantitative estimate of drug-likeness (QED) is 0.133. The van der Waals surface area contributed by atoms with Crippen LogP contribution in [-0.4, -0.2) is 0 Å². The van der Waals surface area contributed by atoms with Gasteiger partial charge in [-0.15, -0.1) is 0 Å². The molecular weight excluding hydrogens is 921 g/mol. The van der Waals surface area contributed by atoms with Crippen LogP contribution in [0.15, 0.2) is 133 Å². The van der Waals surface area contributed by atoms with Gasteiger partial charge in [-0.05, 0) is 189 Å². The third kappa shape index (κ3) is 24.5. The molecule has 8 aromatic carbocycles. The molecule has 0 saturated carbocycles. The molecule has 0 radical (unpaired) electrons. The lowest BCUT2D eigenvalue weighted by Crippen LogP contribution is -1.91. The molecule has 8 aromatic rings. The molecule has 0 aliphatic rings. The maximum Gasteiger partial charge on any atom is 0.161 e. The van der Waals surface area contributed by atoms with Crippen molar-refractivity contribution in [2.45, 2.75) is 125 Å². The van der Waals surface area contributed by atoms with Crippen LogP contribution in [0, 0.1) is 143 Å². The number of aryl methyl sites for hydroxylation is 12. The van der Waals surface area contributed by atoms with Gasteiger partial charge in [0, 0.05) is 11.1 Å². The van der Waals surface area contributed by atoms with Crippen molar-refractivity contribution in [3.8, 4) is 0 Å². The van der Waals surface area contributed by atoms with Crippen molar-refractivity contribution < 1.29 is 35.1 Å². The highest BCUT2D eigenvalue weighted by Gasteiger charge is 2.07. The van der Waals surface area contributed by atoms with Crippen LogP contribution < -0.4 is 0 Å². The van der Waals surface area contributed by atoms with Gasteiger partial charge in [0.1, 0.15) is 34.9 Å². The fraction of sp³-hybridized carbons (Fsp3) is 0.281. The summed E-state index contributed by atoms with van der Waals surface area (Å²) in [5.74, 6) is -3.60. The van der Waals surface area contributed by atoms with E-state index in [0.717, 1.165) is 11.1 Å². The Morgan fingerprint density at radius 1 is 0.208 bits per heavy atom. The number of halogens is 8. The number of rotatable bonds is 0. The first-order valence-corrected chi connectivity index (χ1v) is 24.0. The van der Waals surface area contributed by atoms with E-state index in [2.05, 4.69) is 88.4 Å². The average molecular weight is 997 g/mol. The van der Waals surface area contributed by atoms with Crippen molar-refractivity contribution in [2.24, 2.45) is 0 Å². The van der Waals surface area contributed by atoms with E-state index in [4.69, 9.17) is 0 Å². The van der Waals surface area contributed by atoms with E-state index >= 15 is 0 Å². The molecule has 0 amide bonds. The van der Waals surface area contributed by atoms with Crippen LogP contribution in [0.1, 0.15) is 106 Å². The molecule has 8 heteroatoms. The van der Waals surface area contributed by atoms with Crippen LogP contribution in [-0.2, 0) is 0 Å². The minimum Gasteiger partial charge on any atom is -0.207 e. The van der Waals surface area contributed by atoms with Gasteiger partial charge in [-0.3, -0.25) is 0 Å². The summed E-state index contributed by atoms with van der Waals surface area (Å²) in [6.07, 6.45) is 0. The van der Waals surface area contributed by atoms with Gasteiger partial charge in [0.05, 0.1) is 0 Å². The first-order chi connectivity index (χ1) is 33.8. The Hall–Kier alpha value is -6.54. The van der Waals surface area contributed by atoms with E-state index in [1.807, 2.05) is 53.7 Å². The zero-order chi connectivity index (χ0) is 55.4. The van der Waals surface area contributed by atoms with Gasteiger partial charge in [-0.1, -0.05) is 147 Å². The number of hydrogen-bond donors (Lipinski definition) is 0. The topological polar surface area (TPSA) is 0 Å². The molecule has 0 heterocycles. The average Bonchev–Trinajstić information content (AvgIpc) is 3.34. The lowest BCUT2D eigenvalue weighted by Gasteiger charge is -1.99. The highest BCUT2D eigenvalue weighted by atomic mass is 19.2. The second kappa shape index (κ2) is 33.9. The molecule has 0 saturated heterocycles. The third-order valence-electron chi connectivity index (χ3n) is 10.3. The first-order valence-electron chi connectivity index (χ1n) is 24.0. The van der Waals surface area contributed by atoms with Gasteiger partial charge >= 0.3 is 0 Å². The van der Waals surface area contributed by atoms with Crippen LogP contribution in [0.2, 0.25) is 0 Å². The second-order valence-electron chi connectivity index (χ2n) is 17.0. The van der Waals surface area contributed by atoms with Crippen molar-refractivity contribution in [1.82, 2.24) is 0 Å². The molecule has 388 valence electrons. The van der Waals surface area contributed by atoms with Crippen LogP contribution in [0.25, 0.3) is 10.8 Å². The predicted molar refractivity (Wildman–Crippen MR) is 291 cm³/mol. The molecule has 0 N–H and O–H groups in total. The number of hydrogen-bond acceptors (Lipinski definition) is 0. The number of benzene rings is 8. The van der Waals surface area contributed by atoms with Gasteiger partial charge in [-0.2, -0.15) is 0 Å². The van der Waals surface area contributed by atoms with Gasteiger partial charge < -0.3 is 0 Å². The molecular formula is C64H76F8. The summed E-state index contributed by atoms with van der Waals surface area (Å²) >= 11 is 0. The summed E-state index contributed by atoms with van der Waals surface area (Å²) in [4.78, 5) is 0. The lowest BCUT2D eigenvalue weighted by molar-refractivity contribution is 0.497. The second-order valence-corrected chi connectivity index (χ2v) is 17.0. The molecule has 0 bridgehead atoms. The highest BCUT2D eigenvalue weighted by Crippen LogP contribution is 2.18. The van der Waals surface area contributed by atoms with Gasteiger partial charge in [0.2, 0.25) is 0 Å². The summed E-state index contributed by atoms with van der Waals surface area (Å²) in [5, 5.41) is 2.67. The molecule has 72 heavy (non-hydrogen) atoms. The van der Waals surface area contributed by atoms with E-state index in [0.29, 0.717) is 33.4 Å². The SMILES string of the molecule is CC.CC.Cc1cc(F)c(C)c(F)c1.Cc1cc(F)c(C)c(F)c1.Cc1ccc(C)c(F)c1.Cc1ccc(C)c(F)c1.Cc1ccc(C)c(F)c1F.Cc1ccc(C)cc1.Cc1ccc2cc(C)ccc2c1. The zero-order valence-electron chi connectivity index (χ0n) is 45.7. The van der Waals surface area contributed by atoms with Crippen molar-refractivity contribution in [3.63, 3.8) is 0 Å². The largest absolute Gasteiger partial charge is 0.207 e.